The number of nitrogens with zero attached hydrogens (tertiary/aromatic N) is 3. The predicted octanol–water partition coefficient (Wildman–Crippen LogP) is -2.01. The zero-order valence-electron chi connectivity index (χ0n) is 4.85. The Balaban J connectivity index is 2.75. The summed E-state index contributed by atoms with van der Waals surface area (Å²) in [5.41, 5.74) is 0. The maximum absolute atomic E-state index is 10.4. The van der Waals surface area contributed by atoms with Crippen molar-refractivity contribution in [2.24, 2.45) is 5.14 Å². The van der Waals surface area contributed by atoms with Crippen molar-refractivity contribution < 1.29 is 8.42 Å². The highest BCUT2D eigenvalue weighted by atomic mass is 32.2. The molecule has 56 valence electrons. The Hall–Kier alpha value is -1.02. The summed E-state index contributed by atoms with van der Waals surface area (Å²) in [4.78, 5) is 0. The van der Waals surface area contributed by atoms with E-state index in [1.165, 1.54) is 0 Å². The van der Waals surface area contributed by atoms with Crippen molar-refractivity contribution in [3.05, 3.63) is 5.82 Å². The number of tetrazole rings is 1. The molecular weight excluding hydrogens is 158 g/mol. The van der Waals surface area contributed by atoms with E-state index in [-0.39, 0.29) is 11.6 Å². The van der Waals surface area contributed by atoms with Gasteiger partial charge >= 0.3 is 0 Å². The van der Waals surface area contributed by atoms with Crippen LogP contribution in [0.25, 0.3) is 0 Å². The molecule has 3 N–H and O–H groups in total. The van der Waals surface area contributed by atoms with Gasteiger partial charge in [-0.25, -0.2) is 13.6 Å². The fourth-order valence-corrected chi connectivity index (χ4v) is 0.906. The van der Waals surface area contributed by atoms with Gasteiger partial charge in [-0.1, -0.05) is 5.21 Å². The van der Waals surface area contributed by atoms with Gasteiger partial charge in [0, 0.05) is 0 Å². The molecule has 8 heteroatoms. The first kappa shape index (κ1) is 7.09. The number of nitrogens with two attached hydrogens (primary N) is 1. The number of primary sulfonamides is 1. The molecule has 0 aliphatic heterocycles. The van der Waals surface area contributed by atoms with Gasteiger partial charge in [-0.3, -0.25) is 0 Å². The highest BCUT2D eigenvalue weighted by molar-refractivity contribution is 7.88. The van der Waals surface area contributed by atoms with Crippen LogP contribution in [0.15, 0.2) is 0 Å². The standard InChI is InChI=1S/C2H5N5O2S/c3-10(8,9)1-2-4-6-7-5-2/h1H2,(H2,3,8,9)(H,4,5,6,7). The topological polar surface area (TPSA) is 115 Å². The number of hydrogen-bond acceptors (Lipinski definition) is 5. The summed E-state index contributed by atoms with van der Waals surface area (Å²) in [6, 6.07) is 0. The summed E-state index contributed by atoms with van der Waals surface area (Å²) >= 11 is 0. The lowest BCUT2D eigenvalue weighted by atomic mass is 10.8. The van der Waals surface area contributed by atoms with Gasteiger partial charge in [0.2, 0.25) is 10.0 Å². The van der Waals surface area contributed by atoms with Crippen LogP contribution in [0.1, 0.15) is 5.82 Å². The number of hydrogen-bond donors (Lipinski definition) is 2. The van der Waals surface area contributed by atoms with E-state index in [0.717, 1.165) is 0 Å². The van der Waals surface area contributed by atoms with Crippen molar-refractivity contribution >= 4 is 10.0 Å². The third kappa shape index (κ3) is 2.07. The van der Waals surface area contributed by atoms with Gasteiger partial charge in [0.15, 0.2) is 5.82 Å². The summed E-state index contributed by atoms with van der Waals surface area (Å²) in [6.07, 6.45) is 0. The normalized spacial score (nSPS) is 11.7. The van der Waals surface area contributed by atoms with E-state index in [9.17, 15) is 8.42 Å². The fraction of sp³-hybridized carbons (Fsp3) is 0.500. The molecule has 0 saturated carbocycles. The molecule has 0 aromatic carbocycles. The van der Waals surface area contributed by atoms with Crippen LogP contribution in [-0.4, -0.2) is 29.0 Å². The number of nitrogens with one attached hydrogen (secondary N) is 1. The van der Waals surface area contributed by atoms with Gasteiger partial charge < -0.3 is 0 Å². The molecule has 0 bridgehead atoms. The Kier molecular flexibility index (Phi) is 1.64. The minimum absolute atomic E-state index is 0.0718. The van der Waals surface area contributed by atoms with E-state index >= 15 is 0 Å². The molecule has 0 saturated heterocycles. The second kappa shape index (κ2) is 2.31. The van der Waals surface area contributed by atoms with Gasteiger partial charge in [-0.05, 0) is 0 Å². The Morgan fingerprint density at radius 1 is 1.60 bits per heavy atom. The minimum atomic E-state index is -3.53. The summed E-state index contributed by atoms with van der Waals surface area (Å²) in [7, 11) is -3.53. The monoisotopic (exact) mass is 163 g/mol. The molecule has 0 aliphatic rings. The van der Waals surface area contributed by atoms with Crippen molar-refractivity contribution in [1.82, 2.24) is 20.6 Å². The number of rotatable bonds is 2. The van der Waals surface area contributed by atoms with Crippen LogP contribution in [0.3, 0.4) is 0 Å². The largest absolute Gasteiger partial charge is 0.228 e. The van der Waals surface area contributed by atoms with Crippen LogP contribution in [0.4, 0.5) is 0 Å². The molecule has 7 nitrogen and oxygen atoms in total. The van der Waals surface area contributed by atoms with Crippen LogP contribution in [0, 0.1) is 0 Å². The van der Waals surface area contributed by atoms with E-state index in [0.29, 0.717) is 0 Å². The average Bonchev–Trinajstić information content (AvgIpc) is 2.12. The fourth-order valence-electron chi connectivity index (χ4n) is 0.424. The zero-order chi connectivity index (χ0) is 7.61. The average molecular weight is 163 g/mol. The second-order valence-corrected chi connectivity index (χ2v) is 3.25. The highest BCUT2D eigenvalue weighted by Crippen LogP contribution is 1.89. The summed E-state index contributed by atoms with van der Waals surface area (Å²) in [5.74, 6) is -0.314. The lowest BCUT2D eigenvalue weighted by Gasteiger charge is -1.87. The zero-order valence-corrected chi connectivity index (χ0v) is 5.67. The summed E-state index contributed by atoms with van der Waals surface area (Å²) < 4.78 is 20.7. The number of aromatic amines is 1. The lowest BCUT2D eigenvalue weighted by molar-refractivity contribution is 0.595. The molecule has 10 heavy (non-hydrogen) atoms. The second-order valence-electron chi connectivity index (χ2n) is 1.64. The SMILES string of the molecule is NS(=O)(=O)Cc1nn[nH]n1. The smallest absolute Gasteiger partial charge is 0.216 e. The van der Waals surface area contributed by atoms with Crippen molar-refractivity contribution in [3.63, 3.8) is 0 Å². The van der Waals surface area contributed by atoms with Gasteiger partial charge in [0.05, 0.1) is 0 Å². The van der Waals surface area contributed by atoms with Crippen LogP contribution >= 0.6 is 0 Å². The third-order valence-electron chi connectivity index (χ3n) is 0.719. The Morgan fingerprint density at radius 3 is 2.70 bits per heavy atom. The molecule has 1 heterocycles. The molecule has 0 unspecified atom stereocenters. The Bertz CT molecular complexity index is 287. The summed E-state index contributed by atoms with van der Waals surface area (Å²) in [5, 5.41) is 16.7. The van der Waals surface area contributed by atoms with Crippen molar-refractivity contribution in [2.75, 3.05) is 0 Å². The van der Waals surface area contributed by atoms with Gasteiger partial charge in [-0.2, -0.15) is 5.21 Å². The molecule has 0 fully saturated rings. The summed E-state index contributed by atoms with van der Waals surface area (Å²) in [6.45, 7) is 0. The molecule has 1 rings (SSSR count). The molecule has 1 aromatic heterocycles. The minimum Gasteiger partial charge on any atom is -0.228 e. The van der Waals surface area contributed by atoms with Crippen LogP contribution in [0.2, 0.25) is 0 Å². The van der Waals surface area contributed by atoms with E-state index in [4.69, 9.17) is 0 Å². The van der Waals surface area contributed by atoms with E-state index in [2.05, 4.69) is 25.8 Å². The Morgan fingerprint density at radius 2 is 2.30 bits per heavy atom. The van der Waals surface area contributed by atoms with Crippen LogP contribution in [-0.2, 0) is 15.8 Å². The maximum Gasteiger partial charge on any atom is 0.216 e. The van der Waals surface area contributed by atoms with Crippen molar-refractivity contribution in [1.29, 1.82) is 0 Å². The van der Waals surface area contributed by atoms with Gasteiger partial charge in [0.1, 0.15) is 5.75 Å². The molecule has 1 aromatic rings. The van der Waals surface area contributed by atoms with Gasteiger partial charge in [-0.15, -0.1) is 10.2 Å². The number of H-pyrrole nitrogens is 1. The first-order valence-corrected chi connectivity index (χ1v) is 4.02. The number of aromatic nitrogens is 4. The van der Waals surface area contributed by atoms with E-state index in [1.54, 1.807) is 0 Å². The molecule has 0 radical (unpaired) electrons. The first-order chi connectivity index (χ1) is 4.58. The first-order valence-electron chi connectivity index (χ1n) is 2.31. The molecule has 0 aliphatic carbocycles. The van der Waals surface area contributed by atoms with Gasteiger partial charge in [0.25, 0.3) is 0 Å². The third-order valence-corrected chi connectivity index (χ3v) is 1.38. The molecule has 0 spiro atoms. The van der Waals surface area contributed by atoms with Crippen molar-refractivity contribution in [2.45, 2.75) is 5.75 Å². The Labute approximate surface area is 56.7 Å². The molecular formula is C2H5N5O2S. The predicted molar refractivity (Wildman–Crippen MR) is 31.0 cm³/mol. The van der Waals surface area contributed by atoms with E-state index < -0.39 is 10.0 Å². The molecule has 0 atom stereocenters. The lowest BCUT2D eigenvalue weighted by Crippen LogP contribution is -2.15. The number of sulfonamides is 1. The van der Waals surface area contributed by atoms with E-state index in [1.807, 2.05) is 0 Å². The molecule has 0 amide bonds. The van der Waals surface area contributed by atoms with Crippen molar-refractivity contribution in [3.8, 4) is 0 Å². The highest BCUT2D eigenvalue weighted by Gasteiger charge is 2.07. The maximum atomic E-state index is 10.4. The van der Waals surface area contributed by atoms with Crippen LogP contribution in [0.5, 0.6) is 0 Å². The van der Waals surface area contributed by atoms with Crippen LogP contribution < -0.4 is 5.14 Å². The quantitative estimate of drug-likeness (QED) is 0.522.